The normalized spacial score (nSPS) is 10.4. The van der Waals surface area contributed by atoms with Crippen molar-refractivity contribution in [2.75, 3.05) is 12.4 Å². The Labute approximate surface area is 112 Å². The molecule has 0 bridgehead atoms. The fraction of sp³-hybridized carbons (Fsp3) is 0.0625. The van der Waals surface area contributed by atoms with Gasteiger partial charge >= 0.3 is 0 Å². The number of aromatic amines is 1. The molecule has 0 unspecified atom stereocenters. The van der Waals surface area contributed by atoms with Crippen LogP contribution >= 0.6 is 0 Å². The van der Waals surface area contributed by atoms with E-state index in [0.717, 1.165) is 28.3 Å². The highest BCUT2D eigenvalue weighted by molar-refractivity contribution is 5.65. The molecule has 0 aliphatic carbocycles. The molecule has 0 aliphatic heterocycles. The highest BCUT2D eigenvalue weighted by Gasteiger charge is 2.04. The van der Waals surface area contributed by atoms with Crippen molar-refractivity contribution in [2.45, 2.75) is 0 Å². The second-order valence-corrected chi connectivity index (χ2v) is 4.34. The Morgan fingerprint density at radius 1 is 0.895 bits per heavy atom. The molecule has 3 aromatic rings. The maximum atomic E-state index is 4.44. The van der Waals surface area contributed by atoms with Crippen molar-refractivity contribution in [1.82, 2.24) is 9.97 Å². The Bertz CT molecular complexity index is 654. The Morgan fingerprint density at radius 3 is 2.32 bits per heavy atom. The number of nitrogens with zero attached hydrogens (tertiary/aromatic N) is 1. The van der Waals surface area contributed by atoms with E-state index in [1.165, 1.54) is 0 Å². The standard InChI is InChI=1S/C16H15N3/c1-17-14-9-7-13(8-10-14)16-18-11-15(19-16)12-5-3-2-4-6-12/h2-11,17H,1H3,(H,18,19). The van der Waals surface area contributed by atoms with Gasteiger partial charge in [0.15, 0.2) is 0 Å². The van der Waals surface area contributed by atoms with Crippen LogP contribution in [-0.4, -0.2) is 17.0 Å². The SMILES string of the molecule is CNc1ccc(-c2ncc(-c3ccccc3)[nH]2)cc1. The molecule has 0 fully saturated rings. The van der Waals surface area contributed by atoms with E-state index < -0.39 is 0 Å². The van der Waals surface area contributed by atoms with Gasteiger partial charge in [-0.05, 0) is 29.8 Å². The Balaban J connectivity index is 1.92. The lowest BCUT2D eigenvalue weighted by molar-refractivity contribution is 1.31. The first-order chi connectivity index (χ1) is 9.36. The van der Waals surface area contributed by atoms with Crippen LogP contribution in [0.5, 0.6) is 0 Å². The zero-order chi connectivity index (χ0) is 13.1. The third kappa shape index (κ3) is 2.36. The number of benzene rings is 2. The highest BCUT2D eigenvalue weighted by Crippen LogP contribution is 2.22. The summed E-state index contributed by atoms with van der Waals surface area (Å²) in [6.07, 6.45) is 1.87. The molecule has 2 aromatic carbocycles. The Kier molecular flexibility index (Phi) is 3.02. The van der Waals surface area contributed by atoms with Gasteiger partial charge in [-0.3, -0.25) is 0 Å². The van der Waals surface area contributed by atoms with Crippen LogP contribution in [0.3, 0.4) is 0 Å². The smallest absolute Gasteiger partial charge is 0.137 e. The first-order valence-electron chi connectivity index (χ1n) is 6.25. The molecule has 0 radical (unpaired) electrons. The van der Waals surface area contributed by atoms with Crippen LogP contribution in [0, 0.1) is 0 Å². The van der Waals surface area contributed by atoms with Gasteiger partial charge in [0.05, 0.1) is 11.9 Å². The lowest BCUT2D eigenvalue weighted by Gasteiger charge is -2.01. The van der Waals surface area contributed by atoms with Crippen LogP contribution in [0.1, 0.15) is 0 Å². The molecule has 1 heterocycles. The maximum Gasteiger partial charge on any atom is 0.137 e. The van der Waals surface area contributed by atoms with Crippen molar-refractivity contribution < 1.29 is 0 Å². The lowest BCUT2D eigenvalue weighted by atomic mass is 10.2. The largest absolute Gasteiger partial charge is 0.388 e. The Morgan fingerprint density at radius 2 is 1.63 bits per heavy atom. The van der Waals surface area contributed by atoms with Crippen LogP contribution in [0.15, 0.2) is 60.8 Å². The quantitative estimate of drug-likeness (QED) is 0.741. The third-order valence-corrected chi connectivity index (χ3v) is 3.11. The van der Waals surface area contributed by atoms with Gasteiger partial charge in [0.2, 0.25) is 0 Å². The van der Waals surface area contributed by atoms with Crippen molar-refractivity contribution >= 4 is 5.69 Å². The first kappa shape index (κ1) is 11.5. The summed E-state index contributed by atoms with van der Waals surface area (Å²) in [4.78, 5) is 7.79. The van der Waals surface area contributed by atoms with Gasteiger partial charge in [0.1, 0.15) is 5.82 Å². The third-order valence-electron chi connectivity index (χ3n) is 3.11. The molecule has 3 nitrogen and oxygen atoms in total. The summed E-state index contributed by atoms with van der Waals surface area (Å²) in [5.41, 5.74) is 4.36. The molecule has 0 aliphatic rings. The molecule has 19 heavy (non-hydrogen) atoms. The van der Waals surface area contributed by atoms with Gasteiger partial charge < -0.3 is 10.3 Å². The van der Waals surface area contributed by atoms with E-state index in [1.54, 1.807) is 0 Å². The van der Waals surface area contributed by atoms with E-state index in [1.807, 2.05) is 43.6 Å². The van der Waals surface area contributed by atoms with Crippen LogP contribution in [0.2, 0.25) is 0 Å². The van der Waals surface area contributed by atoms with Crippen molar-refractivity contribution in [3.8, 4) is 22.6 Å². The molecule has 3 heteroatoms. The summed E-state index contributed by atoms with van der Waals surface area (Å²) in [5.74, 6) is 0.890. The van der Waals surface area contributed by atoms with Gasteiger partial charge in [0, 0.05) is 18.3 Å². The fourth-order valence-corrected chi connectivity index (χ4v) is 2.03. The van der Waals surface area contributed by atoms with Crippen molar-refractivity contribution in [3.05, 3.63) is 60.8 Å². The van der Waals surface area contributed by atoms with Gasteiger partial charge in [-0.15, -0.1) is 0 Å². The summed E-state index contributed by atoms with van der Waals surface area (Å²) < 4.78 is 0. The topological polar surface area (TPSA) is 40.7 Å². The van der Waals surface area contributed by atoms with Crippen LogP contribution in [-0.2, 0) is 0 Å². The number of imidazole rings is 1. The van der Waals surface area contributed by atoms with E-state index in [2.05, 4.69) is 39.6 Å². The lowest BCUT2D eigenvalue weighted by Crippen LogP contribution is -1.87. The number of aromatic nitrogens is 2. The monoisotopic (exact) mass is 249 g/mol. The molecule has 0 atom stereocenters. The van der Waals surface area contributed by atoms with E-state index in [4.69, 9.17) is 0 Å². The number of hydrogen-bond acceptors (Lipinski definition) is 2. The molecule has 0 amide bonds. The van der Waals surface area contributed by atoms with Crippen molar-refractivity contribution in [2.24, 2.45) is 0 Å². The second-order valence-electron chi connectivity index (χ2n) is 4.34. The minimum Gasteiger partial charge on any atom is -0.388 e. The zero-order valence-corrected chi connectivity index (χ0v) is 10.7. The van der Waals surface area contributed by atoms with E-state index in [9.17, 15) is 0 Å². The van der Waals surface area contributed by atoms with Gasteiger partial charge in [-0.25, -0.2) is 4.98 Å². The molecule has 0 saturated carbocycles. The van der Waals surface area contributed by atoms with Crippen LogP contribution < -0.4 is 5.32 Å². The van der Waals surface area contributed by atoms with Gasteiger partial charge in [-0.1, -0.05) is 30.3 Å². The molecule has 3 rings (SSSR count). The molecule has 1 aromatic heterocycles. The first-order valence-corrected chi connectivity index (χ1v) is 6.25. The number of anilines is 1. The van der Waals surface area contributed by atoms with Crippen LogP contribution in [0.25, 0.3) is 22.6 Å². The average molecular weight is 249 g/mol. The summed E-state index contributed by atoms with van der Waals surface area (Å²) in [5, 5.41) is 3.11. The predicted octanol–water partition coefficient (Wildman–Crippen LogP) is 3.79. The number of hydrogen-bond donors (Lipinski definition) is 2. The Hall–Kier alpha value is -2.55. The molecule has 0 saturated heterocycles. The van der Waals surface area contributed by atoms with Crippen molar-refractivity contribution in [1.29, 1.82) is 0 Å². The number of nitrogens with one attached hydrogen (secondary N) is 2. The van der Waals surface area contributed by atoms with E-state index >= 15 is 0 Å². The zero-order valence-electron chi connectivity index (χ0n) is 10.7. The summed E-state index contributed by atoms with van der Waals surface area (Å²) in [7, 11) is 1.91. The molecule has 94 valence electrons. The number of H-pyrrole nitrogens is 1. The van der Waals surface area contributed by atoms with E-state index in [-0.39, 0.29) is 0 Å². The summed E-state index contributed by atoms with van der Waals surface area (Å²) >= 11 is 0. The predicted molar refractivity (Wildman–Crippen MR) is 79.0 cm³/mol. The number of rotatable bonds is 3. The summed E-state index contributed by atoms with van der Waals surface area (Å²) in [6.45, 7) is 0. The van der Waals surface area contributed by atoms with Crippen molar-refractivity contribution in [3.63, 3.8) is 0 Å². The fourth-order valence-electron chi connectivity index (χ4n) is 2.03. The molecule has 2 N–H and O–H groups in total. The van der Waals surface area contributed by atoms with Gasteiger partial charge in [0.25, 0.3) is 0 Å². The second kappa shape index (κ2) is 4.98. The van der Waals surface area contributed by atoms with E-state index in [0.29, 0.717) is 0 Å². The molecular weight excluding hydrogens is 234 g/mol. The minimum absolute atomic E-state index is 0.890. The maximum absolute atomic E-state index is 4.44. The average Bonchev–Trinajstić information content (AvgIpc) is 2.98. The van der Waals surface area contributed by atoms with Crippen LogP contribution in [0.4, 0.5) is 5.69 Å². The molecule has 0 spiro atoms. The van der Waals surface area contributed by atoms with Gasteiger partial charge in [-0.2, -0.15) is 0 Å². The summed E-state index contributed by atoms with van der Waals surface area (Å²) in [6, 6.07) is 18.4. The minimum atomic E-state index is 0.890. The highest BCUT2D eigenvalue weighted by atomic mass is 14.9. The molecular formula is C16H15N3.